The van der Waals surface area contributed by atoms with Crippen LogP contribution in [-0.4, -0.2) is 29.3 Å². The van der Waals surface area contributed by atoms with Gasteiger partial charge < -0.3 is 0 Å². The lowest BCUT2D eigenvalue weighted by Crippen LogP contribution is -2.48. The van der Waals surface area contributed by atoms with Crippen LogP contribution in [0.5, 0.6) is 0 Å². The van der Waals surface area contributed by atoms with Crippen LogP contribution >= 0.6 is 12.4 Å². The van der Waals surface area contributed by atoms with Crippen molar-refractivity contribution in [3.63, 3.8) is 0 Å². The molecule has 0 aliphatic carbocycles. The number of halogens is 1. The fourth-order valence-corrected chi connectivity index (χ4v) is 2.36. The number of hydrogen-bond donors (Lipinski definition) is 0. The first-order valence-electron chi connectivity index (χ1n) is 5.97. The number of carbonyl (C=O) groups excluding carboxylic acids is 1. The molecule has 17 heavy (non-hydrogen) atoms. The minimum Gasteiger partial charge on any atom is -0.292 e. The quantitative estimate of drug-likeness (QED) is 0.772. The maximum absolute atomic E-state index is 12.4. The number of hydrogen-bond acceptors (Lipinski definition) is 2. The van der Waals surface area contributed by atoms with Gasteiger partial charge in [0.2, 0.25) is 0 Å². The molecule has 0 N–H and O–H groups in total. The van der Waals surface area contributed by atoms with Gasteiger partial charge >= 0.3 is 0 Å². The summed E-state index contributed by atoms with van der Waals surface area (Å²) in [5.74, 6) is 0.231. The van der Waals surface area contributed by atoms with Gasteiger partial charge in [0.1, 0.15) is 0 Å². The van der Waals surface area contributed by atoms with Crippen molar-refractivity contribution < 1.29 is 4.79 Å². The van der Waals surface area contributed by atoms with E-state index in [0.717, 1.165) is 18.7 Å². The number of nitrogens with zero attached hydrogens (tertiary/aromatic N) is 1. The van der Waals surface area contributed by atoms with Crippen molar-refractivity contribution in [1.29, 1.82) is 0 Å². The Balaban J connectivity index is 0.00000144. The zero-order valence-electron chi connectivity index (χ0n) is 10.5. The summed E-state index contributed by atoms with van der Waals surface area (Å²) in [6, 6.07) is 9.60. The van der Waals surface area contributed by atoms with Gasteiger partial charge in [-0.15, -0.1) is 12.4 Å². The third kappa shape index (κ3) is 2.88. The van der Waals surface area contributed by atoms with Gasteiger partial charge in [0.25, 0.3) is 0 Å². The zero-order valence-corrected chi connectivity index (χ0v) is 11.3. The standard InChI is InChI=1S/C14H19NO.ClH/c1-14(2,15-10-6-7-11-15)13(16)12-8-4-3-5-9-12;/h3-5,8-9H,6-7,10-11H2,1-2H3;1H. The van der Waals surface area contributed by atoms with E-state index in [1.807, 2.05) is 44.2 Å². The molecule has 0 spiro atoms. The first-order valence-corrected chi connectivity index (χ1v) is 5.97. The molecule has 0 bridgehead atoms. The number of Topliss-reactive ketones (excluding diaryl/α,β-unsaturated/α-hetero) is 1. The van der Waals surface area contributed by atoms with Crippen LogP contribution in [0.25, 0.3) is 0 Å². The molecule has 0 atom stereocenters. The topological polar surface area (TPSA) is 20.3 Å². The largest absolute Gasteiger partial charge is 0.292 e. The van der Waals surface area contributed by atoms with E-state index in [1.165, 1.54) is 12.8 Å². The Kier molecular flexibility index (Phi) is 4.72. The Morgan fingerprint density at radius 1 is 1.12 bits per heavy atom. The summed E-state index contributed by atoms with van der Waals surface area (Å²) >= 11 is 0. The molecule has 0 radical (unpaired) electrons. The summed E-state index contributed by atoms with van der Waals surface area (Å²) in [5, 5.41) is 0. The second kappa shape index (κ2) is 5.65. The summed E-state index contributed by atoms with van der Waals surface area (Å²) in [4.78, 5) is 14.7. The Hall–Kier alpha value is -0.860. The molecule has 1 fully saturated rings. The first-order chi connectivity index (χ1) is 7.62. The lowest BCUT2D eigenvalue weighted by Gasteiger charge is -2.33. The Morgan fingerprint density at radius 3 is 2.18 bits per heavy atom. The van der Waals surface area contributed by atoms with Crippen molar-refractivity contribution >= 4 is 18.2 Å². The Morgan fingerprint density at radius 2 is 1.65 bits per heavy atom. The maximum Gasteiger partial charge on any atom is 0.182 e. The predicted molar refractivity (Wildman–Crippen MR) is 72.9 cm³/mol. The normalized spacial score (nSPS) is 16.6. The lowest BCUT2D eigenvalue weighted by atomic mass is 9.91. The van der Waals surface area contributed by atoms with E-state index in [1.54, 1.807) is 0 Å². The average molecular weight is 254 g/mol. The van der Waals surface area contributed by atoms with Crippen LogP contribution in [0.2, 0.25) is 0 Å². The Bertz CT molecular complexity index is 369. The monoisotopic (exact) mass is 253 g/mol. The van der Waals surface area contributed by atoms with Crippen molar-refractivity contribution in [3.05, 3.63) is 35.9 Å². The molecule has 1 saturated heterocycles. The fourth-order valence-electron chi connectivity index (χ4n) is 2.36. The molecule has 0 unspecified atom stereocenters. The smallest absolute Gasteiger partial charge is 0.182 e. The van der Waals surface area contributed by atoms with Crippen LogP contribution in [0.1, 0.15) is 37.0 Å². The van der Waals surface area contributed by atoms with Gasteiger partial charge in [-0.25, -0.2) is 0 Å². The van der Waals surface area contributed by atoms with Crippen LogP contribution in [0.15, 0.2) is 30.3 Å². The van der Waals surface area contributed by atoms with Crippen LogP contribution in [-0.2, 0) is 0 Å². The summed E-state index contributed by atoms with van der Waals surface area (Å²) in [6.07, 6.45) is 2.43. The number of likely N-dealkylation sites (tertiary alicyclic amines) is 1. The second-order valence-electron chi connectivity index (χ2n) is 4.95. The van der Waals surface area contributed by atoms with E-state index in [0.29, 0.717) is 0 Å². The third-order valence-corrected chi connectivity index (χ3v) is 3.49. The second-order valence-corrected chi connectivity index (χ2v) is 4.95. The summed E-state index contributed by atoms with van der Waals surface area (Å²) in [6.45, 7) is 6.17. The lowest BCUT2D eigenvalue weighted by molar-refractivity contribution is 0.0702. The third-order valence-electron chi connectivity index (χ3n) is 3.49. The van der Waals surface area contributed by atoms with Gasteiger partial charge in [-0.3, -0.25) is 9.69 Å². The van der Waals surface area contributed by atoms with E-state index in [2.05, 4.69) is 4.90 Å². The number of rotatable bonds is 3. The number of carbonyl (C=O) groups is 1. The summed E-state index contributed by atoms with van der Waals surface area (Å²) in [7, 11) is 0. The molecule has 2 rings (SSSR count). The number of benzene rings is 1. The van der Waals surface area contributed by atoms with Crippen molar-refractivity contribution in [1.82, 2.24) is 4.90 Å². The van der Waals surface area contributed by atoms with Crippen molar-refractivity contribution in [2.75, 3.05) is 13.1 Å². The highest BCUT2D eigenvalue weighted by Gasteiger charge is 2.36. The van der Waals surface area contributed by atoms with E-state index in [-0.39, 0.29) is 23.7 Å². The van der Waals surface area contributed by atoms with E-state index < -0.39 is 0 Å². The SMILES string of the molecule is CC(C)(C(=O)c1ccccc1)N1CCCC1.Cl. The molecular formula is C14H20ClNO. The zero-order chi connectivity index (χ0) is 11.6. The highest BCUT2D eigenvalue weighted by molar-refractivity contribution is 6.02. The maximum atomic E-state index is 12.4. The highest BCUT2D eigenvalue weighted by atomic mass is 35.5. The molecule has 3 heteroatoms. The van der Waals surface area contributed by atoms with E-state index in [9.17, 15) is 4.79 Å². The van der Waals surface area contributed by atoms with Crippen molar-refractivity contribution in [3.8, 4) is 0 Å². The van der Waals surface area contributed by atoms with Crippen LogP contribution in [0.3, 0.4) is 0 Å². The van der Waals surface area contributed by atoms with Gasteiger partial charge in [-0.2, -0.15) is 0 Å². The van der Waals surface area contributed by atoms with Gasteiger partial charge in [0.15, 0.2) is 5.78 Å². The van der Waals surface area contributed by atoms with Gasteiger partial charge in [-0.1, -0.05) is 30.3 Å². The average Bonchev–Trinajstić information content (AvgIpc) is 2.83. The Labute approximate surface area is 109 Å². The van der Waals surface area contributed by atoms with Crippen LogP contribution < -0.4 is 0 Å². The molecule has 1 aliphatic heterocycles. The molecule has 1 heterocycles. The predicted octanol–water partition coefficient (Wildman–Crippen LogP) is 3.17. The number of ketones is 1. The molecule has 2 nitrogen and oxygen atoms in total. The molecule has 1 aromatic rings. The van der Waals surface area contributed by atoms with Gasteiger partial charge in [0.05, 0.1) is 5.54 Å². The minimum atomic E-state index is -0.363. The highest BCUT2D eigenvalue weighted by Crippen LogP contribution is 2.24. The summed E-state index contributed by atoms with van der Waals surface area (Å²) < 4.78 is 0. The van der Waals surface area contributed by atoms with Crippen molar-refractivity contribution in [2.24, 2.45) is 0 Å². The fraction of sp³-hybridized carbons (Fsp3) is 0.500. The van der Waals surface area contributed by atoms with Crippen LogP contribution in [0.4, 0.5) is 0 Å². The van der Waals surface area contributed by atoms with Crippen LogP contribution in [0, 0.1) is 0 Å². The minimum absolute atomic E-state index is 0. The summed E-state index contributed by atoms with van der Waals surface area (Å²) in [5.41, 5.74) is 0.456. The molecule has 1 aliphatic rings. The molecule has 0 aromatic heterocycles. The van der Waals surface area contributed by atoms with Crippen molar-refractivity contribution in [2.45, 2.75) is 32.2 Å². The molecule has 0 amide bonds. The molecular weight excluding hydrogens is 234 g/mol. The molecule has 0 saturated carbocycles. The first kappa shape index (κ1) is 14.2. The van der Waals surface area contributed by atoms with E-state index in [4.69, 9.17) is 0 Å². The van der Waals surface area contributed by atoms with Gasteiger partial charge in [-0.05, 0) is 39.8 Å². The molecule has 1 aromatic carbocycles. The molecule has 94 valence electrons. The van der Waals surface area contributed by atoms with Gasteiger partial charge in [0, 0.05) is 5.56 Å². The van der Waals surface area contributed by atoms with E-state index >= 15 is 0 Å².